The maximum absolute atomic E-state index is 12.7. The van der Waals surface area contributed by atoms with E-state index < -0.39 is 23.6 Å². The average Bonchev–Trinajstić information content (AvgIpc) is 2.00. The second-order valence-corrected chi connectivity index (χ2v) is 2.26. The molecule has 0 aliphatic heterocycles. The lowest BCUT2D eigenvalue weighted by molar-refractivity contribution is 0.144. The van der Waals surface area contributed by atoms with Crippen LogP contribution < -0.4 is 0 Å². The molecule has 0 saturated heterocycles. The standard InChI is InChI=1S/C7H6F3NO/c1-3-6(12)5(8)4(2-11-3)7(9)10/h2,7,12H,1H3. The molecule has 0 aromatic carbocycles. The number of rotatable bonds is 1. The van der Waals surface area contributed by atoms with Crippen molar-refractivity contribution >= 4 is 0 Å². The van der Waals surface area contributed by atoms with E-state index in [1.807, 2.05) is 0 Å². The molecule has 0 unspecified atom stereocenters. The van der Waals surface area contributed by atoms with Crippen molar-refractivity contribution in [2.24, 2.45) is 0 Å². The van der Waals surface area contributed by atoms with Gasteiger partial charge in [0.25, 0.3) is 6.43 Å². The van der Waals surface area contributed by atoms with Gasteiger partial charge in [0.1, 0.15) is 0 Å². The molecule has 0 bridgehead atoms. The van der Waals surface area contributed by atoms with E-state index >= 15 is 0 Å². The fourth-order valence-corrected chi connectivity index (χ4v) is 0.732. The first-order valence-corrected chi connectivity index (χ1v) is 3.16. The van der Waals surface area contributed by atoms with Crippen molar-refractivity contribution in [3.8, 4) is 5.75 Å². The van der Waals surface area contributed by atoms with Gasteiger partial charge in [-0.2, -0.15) is 0 Å². The minimum atomic E-state index is -2.95. The molecule has 0 atom stereocenters. The summed E-state index contributed by atoms with van der Waals surface area (Å²) in [5.41, 5.74) is -0.880. The molecule has 0 aliphatic rings. The summed E-state index contributed by atoms with van der Waals surface area (Å²) in [7, 11) is 0. The Morgan fingerprint density at radius 2 is 2.08 bits per heavy atom. The first-order valence-electron chi connectivity index (χ1n) is 3.16. The molecular weight excluding hydrogens is 171 g/mol. The van der Waals surface area contributed by atoms with E-state index in [0.717, 1.165) is 6.20 Å². The molecule has 0 fully saturated rings. The SMILES string of the molecule is Cc1ncc(C(F)F)c(F)c1O. The van der Waals surface area contributed by atoms with Gasteiger partial charge in [-0.25, -0.2) is 13.2 Å². The third kappa shape index (κ3) is 1.34. The van der Waals surface area contributed by atoms with Crippen LogP contribution in [0.25, 0.3) is 0 Å². The molecule has 0 saturated carbocycles. The predicted octanol–water partition coefficient (Wildman–Crippen LogP) is 2.17. The Morgan fingerprint density at radius 1 is 1.50 bits per heavy atom. The van der Waals surface area contributed by atoms with Crippen molar-refractivity contribution in [3.63, 3.8) is 0 Å². The Kier molecular flexibility index (Phi) is 2.21. The van der Waals surface area contributed by atoms with Crippen molar-refractivity contribution in [2.75, 3.05) is 0 Å². The van der Waals surface area contributed by atoms with Gasteiger partial charge in [0.2, 0.25) is 0 Å². The van der Waals surface area contributed by atoms with E-state index in [9.17, 15) is 13.2 Å². The van der Waals surface area contributed by atoms with Crippen LogP contribution in [0.4, 0.5) is 13.2 Å². The van der Waals surface area contributed by atoms with E-state index in [0.29, 0.717) is 0 Å². The van der Waals surface area contributed by atoms with Crippen molar-refractivity contribution in [1.29, 1.82) is 0 Å². The second kappa shape index (κ2) is 3.00. The molecule has 12 heavy (non-hydrogen) atoms. The molecule has 2 nitrogen and oxygen atoms in total. The van der Waals surface area contributed by atoms with Crippen LogP contribution in [0.2, 0.25) is 0 Å². The highest BCUT2D eigenvalue weighted by Crippen LogP contribution is 2.28. The van der Waals surface area contributed by atoms with Gasteiger partial charge >= 0.3 is 0 Å². The smallest absolute Gasteiger partial charge is 0.268 e. The molecule has 1 heterocycles. The third-order valence-corrected chi connectivity index (χ3v) is 1.44. The van der Waals surface area contributed by atoms with Crippen LogP contribution >= 0.6 is 0 Å². The topological polar surface area (TPSA) is 33.1 Å². The zero-order valence-corrected chi connectivity index (χ0v) is 6.18. The average molecular weight is 177 g/mol. The van der Waals surface area contributed by atoms with Crippen LogP contribution in [0.15, 0.2) is 6.20 Å². The molecule has 5 heteroatoms. The van der Waals surface area contributed by atoms with Gasteiger partial charge in [0.05, 0.1) is 11.3 Å². The zero-order valence-electron chi connectivity index (χ0n) is 6.18. The lowest BCUT2D eigenvalue weighted by Gasteiger charge is -2.04. The van der Waals surface area contributed by atoms with Crippen molar-refractivity contribution in [1.82, 2.24) is 4.98 Å². The highest BCUT2D eigenvalue weighted by Gasteiger charge is 2.18. The number of aryl methyl sites for hydroxylation is 1. The molecule has 1 rings (SSSR count). The van der Waals surface area contributed by atoms with E-state index in [-0.39, 0.29) is 5.69 Å². The molecule has 0 amide bonds. The molecule has 1 aromatic rings. The predicted molar refractivity (Wildman–Crippen MR) is 35.6 cm³/mol. The zero-order chi connectivity index (χ0) is 9.30. The fraction of sp³-hybridized carbons (Fsp3) is 0.286. The van der Waals surface area contributed by atoms with Gasteiger partial charge in [-0.3, -0.25) is 4.98 Å². The van der Waals surface area contributed by atoms with E-state index in [1.165, 1.54) is 6.92 Å². The number of nitrogens with zero attached hydrogens (tertiary/aromatic N) is 1. The normalized spacial score (nSPS) is 10.8. The Morgan fingerprint density at radius 3 is 2.58 bits per heavy atom. The lowest BCUT2D eigenvalue weighted by atomic mass is 10.2. The summed E-state index contributed by atoms with van der Waals surface area (Å²) in [5.74, 6) is -2.11. The number of hydrogen-bond acceptors (Lipinski definition) is 2. The number of aromatic nitrogens is 1. The van der Waals surface area contributed by atoms with Crippen LogP contribution in [-0.4, -0.2) is 10.1 Å². The summed E-state index contributed by atoms with van der Waals surface area (Å²) < 4.78 is 36.6. The number of halogens is 3. The monoisotopic (exact) mass is 177 g/mol. The maximum atomic E-state index is 12.7. The van der Waals surface area contributed by atoms with E-state index in [4.69, 9.17) is 5.11 Å². The molecule has 0 spiro atoms. The molecule has 1 N–H and O–H groups in total. The molecular formula is C7H6F3NO. The largest absolute Gasteiger partial charge is 0.504 e. The molecule has 1 aromatic heterocycles. The summed E-state index contributed by atoms with van der Waals surface area (Å²) in [5, 5.41) is 8.87. The summed E-state index contributed by atoms with van der Waals surface area (Å²) in [6.07, 6.45) is -2.24. The Bertz CT molecular complexity index is 301. The molecule has 66 valence electrons. The first kappa shape index (κ1) is 8.83. The molecule has 0 radical (unpaired) electrons. The van der Waals surface area contributed by atoms with E-state index in [2.05, 4.69) is 4.98 Å². The van der Waals surface area contributed by atoms with Crippen LogP contribution in [0.1, 0.15) is 17.7 Å². The van der Waals surface area contributed by atoms with Gasteiger partial charge < -0.3 is 5.11 Å². The lowest BCUT2D eigenvalue weighted by Crippen LogP contribution is -1.95. The van der Waals surface area contributed by atoms with Crippen LogP contribution in [0.3, 0.4) is 0 Å². The quantitative estimate of drug-likeness (QED) is 0.713. The van der Waals surface area contributed by atoms with Gasteiger partial charge in [-0.05, 0) is 6.92 Å². The highest BCUT2D eigenvalue weighted by molar-refractivity contribution is 5.32. The minimum Gasteiger partial charge on any atom is -0.504 e. The number of aromatic hydroxyl groups is 1. The van der Waals surface area contributed by atoms with Crippen molar-refractivity contribution < 1.29 is 18.3 Å². The number of hydrogen-bond donors (Lipinski definition) is 1. The first-order chi connectivity index (χ1) is 5.54. The second-order valence-electron chi connectivity index (χ2n) is 2.26. The van der Waals surface area contributed by atoms with Gasteiger partial charge in [-0.1, -0.05) is 0 Å². The highest BCUT2D eigenvalue weighted by atomic mass is 19.3. The van der Waals surface area contributed by atoms with E-state index in [1.54, 1.807) is 0 Å². The summed E-state index contributed by atoms with van der Waals surface area (Å²) in [6.45, 7) is 1.33. The third-order valence-electron chi connectivity index (χ3n) is 1.44. The summed E-state index contributed by atoms with van der Waals surface area (Å²) in [4.78, 5) is 3.39. The summed E-state index contributed by atoms with van der Waals surface area (Å²) >= 11 is 0. The Balaban J connectivity index is 3.27. The summed E-state index contributed by atoms with van der Waals surface area (Å²) in [6, 6.07) is 0. The molecule has 0 aliphatic carbocycles. The van der Waals surface area contributed by atoms with Crippen LogP contribution in [0.5, 0.6) is 5.75 Å². The fourth-order valence-electron chi connectivity index (χ4n) is 0.732. The Hall–Kier alpha value is -1.26. The maximum Gasteiger partial charge on any atom is 0.268 e. The van der Waals surface area contributed by atoms with Crippen LogP contribution in [-0.2, 0) is 0 Å². The van der Waals surface area contributed by atoms with Gasteiger partial charge in [0, 0.05) is 6.20 Å². The number of pyridine rings is 1. The van der Waals surface area contributed by atoms with Crippen LogP contribution in [0, 0.1) is 12.7 Å². The van der Waals surface area contributed by atoms with Gasteiger partial charge in [-0.15, -0.1) is 0 Å². The van der Waals surface area contributed by atoms with Gasteiger partial charge in [0.15, 0.2) is 11.6 Å². The Labute approximate surface area is 66.7 Å². The minimum absolute atomic E-state index is 0.00287. The number of alkyl halides is 2. The van der Waals surface area contributed by atoms with Crippen molar-refractivity contribution in [3.05, 3.63) is 23.3 Å². The van der Waals surface area contributed by atoms with Crippen molar-refractivity contribution in [2.45, 2.75) is 13.3 Å².